The Morgan fingerprint density at radius 1 is 1.28 bits per heavy atom. The molecule has 132 valence electrons. The molecule has 0 spiro atoms. The van der Waals surface area contributed by atoms with Gasteiger partial charge in [-0.15, -0.1) is 0 Å². The Bertz CT molecular complexity index is 744. The molecule has 1 aliphatic heterocycles. The maximum atomic E-state index is 10.3. The monoisotopic (exact) mass is 339 g/mol. The van der Waals surface area contributed by atoms with E-state index < -0.39 is 6.10 Å². The van der Waals surface area contributed by atoms with Crippen LogP contribution in [0, 0.1) is 11.3 Å². The third kappa shape index (κ3) is 4.45. The summed E-state index contributed by atoms with van der Waals surface area (Å²) in [5, 5.41) is 23.8. The Balaban J connectivity index is 1.69. The van der Waals surface area contributed by atoms with Gasteiger partial charge in [0.15, 0.2) is 0 Å². The quantitative estimate of drug-likeness (QED) is 0.899. The van der Waals surface area contributed by atoms with Gasteiger partial charge >= 0.3 is 0 Å². The number of hydrogen-bond donors (Lipinski definition) is 1. The number of nitrogens with zero attached hydrogens (tertiary/aromatic N) is 5. The number of benzene rings is 1. The standard InChI is InChI=1S/C19H25N5O/c1-22(2)14-19(25)18-10-17-13-23(8-3-9-24(17)21-18)12-16-6-4-15(11-20)5-7-16/h4-7,10,19,25H,3,8-9,12-14H2,1-2H3. The first-order chi connectivity index (χ1) is 12.0. The van der Waals surface area contributed by atoms with Crippen LogP contribution in [0.2, 0.25) is 0 Å². The molecule has 0 saturated carbocycles. The number of likely N-dealkylation sites (N-methyl/N-ethyl adjacent to an activating group) is 1. The maximum absolute atomic E-state index is 10.3. The topological polar surface area (TPSA) is 68.3 Å². The highest BCUT2D eigenvalue weighted by Crippen LogP contribution is 2.20. The lowest BCUT2D eigenvalue weighted by molar-refractivity contribution is 0.133. The van der Waals surface area contributed by atoms with Crippen molar-refractivity contribution < 1.29 is 5.11 Å². The fourth-order valence-electron chi connectivity index (χ4n) is 3.23. The van der Waals surface area contributed by atoms with Crippen molar-refractivity contribution >= 4 is 0 Å². The molecule has 1 N–H and O–H groups in total. The summed E-state index contributed by atoms with van der Waals surface area (Å²) in [5.74, 6) is 0. The minimum atomic E-state index is -0.554. The molecule has 0 amide bonds. The largest absolute Gasteiger partial charge is 0.385 e. The molecule has 0 fully saturated rings. The highest BCUT2D eigenvalue weighted by atomic mass is 16.3. The van der Waals surface area contributed by atoms with Gasteiger partial charge in [-0.1, -0.05) is 12.1 Å². The molecule has 1 aromatic heterocycles. The van der Waals surface area contributed by atoms with Crippen LogP contribution >= 0.6 is 0 Å². The van der Waals surface area contributed by atoms with Gasteiger partial charge in [-0.3, -0.25) is 9.58 Å². The van der Waals surface area contributed by atoms with Crippen LogP contribution < -0.4 is 0 Å². The Labute approximate surface area is 148 Å². The predicted molar refractivity (Wildman–Crippen MR) is 95.6 cm³/mol. The molecule has 6 nitrogen and oxygen atoms in total. The van der Waals surface area contributed by atoms with Gasteiger partial charge in [0.25, 0.3) is 0 Å². The van der Waals surface area contributed by atoms with Gasteiger partial charge in [-0.05, 0) is 44.3 Å². The number of hydrogen-bond acceptors (Lipinski definition) is 5. The summed E-state index contributed by atoms with van der Waals surface area (Å²) in [5.41, 5.74) is 3.81. The van der Waals surface area contributed by atoms with E-state index in [0.29, 0.717) is 12.1 Å². The van der Waals surface area contributed by atoms with Crippen molar-refractivity contribution in [2.45, 2.75) is 32.2 Å². The second kappa shape index (κ2) is 7.79. The molecule has 1 unspecified atom stereocenters. The molecule has 0 bridgehead atoms. The molecule has 1 aromatic carbocycles. The van der Waals surface area contributed by atoms with Gasteiger partial charge in [0.2, 0.25) is 0 Å². The molecule has 0 aliphatic carbocycles. The number of rotatable bonds is 5. The van der Waals surface area contributed by atoms with E-state index in [1.54, 1.807) is 0 Å². The summed E-state index contributed by atoms with van der Waals surface area (Å²) in [6, 6.07) is 12.0. The first-order valence-electron chi connectivity index (χ1n) is 8.66. The van der Waals surface area contributed by atoms with Crippen LogP contribution in [0.25, 0.3) is 0 Å². The van der Waals surface area contributed by atoms with E-state index in [0.717, 1.165) is 44.0 Å². The number of aliphatic hydroxyl groups excluding tert-OH is 1. The van der Waals surface area contributed by atoms with Crippen LogP contribution in [0.1, 0.15) is 35.0 Å². The van der Waals surface area contributed by atoms with Crippen LogP contribution in [-0.4, -0.2) is 51.9 Å². The van der Waals surface area contributed by atoms with Gasteiger partial charge in [-0.25, -0.2) is 0 Å². The summed E-state index contributed by atoms with van der Waals surface area (Å²) in [7, 11) is 3.90. The van der Waals surface area contributed by atoms with Gasteiger partial charge < -0.3 is 10.0 Å². The Hall–Kier alpha value is -2.20. The van der Waals surface area contributed by atoms with E-state index in [1.165, 1.54) is 5.56 Å². The minimum absolute atomic E-state index is 0.554. The number of fused-ring (bicyclic) bond motifs is 1. The average molecular weight is 339 g/mol. The van der Waals surface area contributed by atoms with Crippen LogP contribution in [0.4, 0.5) is 0 Å². The summed E-state index contributed by atoms with van der Waals surface area (Å²) < 4.78 is 2.03. The molecule has 1 atom stereocenters. The average Bonchev–Trinajstić information content (AvgIpc) is 2.89. The number of aliphatic hydroxyl groups is 1. The molecule has 0 saturated heterocycles. The molecule has 25 heavy (non-hydrogen) atoms. The smallest absolute Gasteiger partial charge is 0.110 e. The van der Waals surface area contributed by atoms with E-state index in [1.807, 2.05) is 54.0 Å². The molecule has 2 aromatic rings. The van der Waals surface area contributed by atoms with Gasteiger partial charge in [-0.2, -0.15) is 10.4 Å². The summed E-state index contributed by atoms with van der Waals surface area (Å²) in [6.45, 7) is 4.15. The zero-order chi connectivity index (χ0) is 17.8. The second-order valence-corrected chi connectivity index (χ2v) is 6.93. The lowest BCUT2D eigenvalue weighted by Gasteiger charge is -2.19. The Kier molecular flexibility index (Phi) is 5.49. The van der Waals surface area contributed by atoms with E-state index in [4.69, 9.17) is 5.26 Å². The van der Waals surface area contributed by atoms with Crippen molar-refractivity contribution in [2.24, 2.45) is 0 Å². The number of nitriles is 1. The molecular formula is C19H25N5O. The van der Waals surface area contributed by atoms with E-state index in [-0.39, 0.29) is 0 Å². The van der Waals surface area contributed by atoms with Crippen molar-refractivity contribution in [3.05, 3.63) is 52.8 Å². The van der Waals surface area contributed by atoms with Crippen molar-refractivity contribution in [1.82, 2.24) is 19.6 Å². The zero-order valence-electron chi connectivity index (χ0n) is 14.9. The van der Waals surface area contributed by atoms with Crippen molar-refractivity contribution in [3.8, 4) is 6.07 Å². The lowest BCUT2D eigenvalue weighted by atomic mass is 10.1. The number of aromatic nitrogens is 2. The summed E-state index contributed by atoms with van der Waals surface area (Å²) in [4.78, 5) is 4.36. The van der Waals surface area contributed by atoms with Crippen LogP contribution in [0.15, 0.2) is 30.3 Å². The van der Waals surface area contributed by atoms with Gasteiger partial charge in [0.1, 0.15) is 6.10 Å². The molecule has 3 rings (SSSR count). The Morgan fingerprint density at radius 3 is 2.72 bits per heavy atom. The third-order valence-electron chi connectivity index (χ3n) is 4.48. The molecule has 1 aliphatic rings. The molecule has 2 heterocycles. The third-order valence-corrected chi connectivity index (χ3v) is 4.48. The minimum Gasteiger partial charge on any atom is -0.385 e. The zero-order valence-corrected chi connectivity index (χ0v) is 14.9. The molecule has 6 heteroatoms. The van der Waals surface area contributed by atoms with Crippen molar-refractivity contribution in [1.29, 1.82) is 5.26 Å². The van der Waals surface area contributed by atoms with E-state index >= 15 is 0 Å². The van der Waals surface area contributed by atoms with Crippen LogP contribution in [0.5, 0.6) is 0 Å². The highest BCUT2D eigenvalue weighted by molar-refractivity contribution is 5.31. The summed E-state index contributed by atoms with van der Waals surface area (Å²) in [6.07, 6.45) is 0.482. The number of aryl methyl sites for hydroxylation is 1. The first-order valence-corrected chi connectivity index (χ1v) is 8.66. The fourth-order valence-corrected chi connectivity index (χ4v) is 3.23. The van der Waals surface area contributed by atoms with Gasteiger partial charge in [0.05, 0.1) is 23.0 Å². The van der Waals surface area contributed by atoms with Crippen molar-refractivity contribution in [3.63, 3.8) is 0 Å². The molecule has 0 radical (unpaired) electrons. The normalized spacial score (nSPS) is 16.3. The predicted octanol–water partition coefficient (Wildman–Crippen LogP) is 1.76. The fraction of sp³-hybridized carbons (Fsp3) is 0.474. The summed E-state index contributed by atoms with van der Waals surface area (Å²) >= 11 is 0. The van der Waals surface area contributed by atoms with E-state index in [2.05, 4.69) is 16.1 Å². The van der Waals surface area contributed by atoms with E-state index in [9.17, 15) is 5.11 Å². The van der Waals surface area contributed by atoms with Gasteiger partial charge in [0, 0.05) is 32.7 Å². The second-order valence-electron chi connectivity index (χ2n) is 6.93. The SMILES string of the molecule is CN(C)CC(O)c1cc2n(n1)CCCN(Cc1ccc(C#N)cc1)C2. The Morgan fingerprint density at radius 2 is 2.04 bits per heavy atom. The highest BCUT2D eigenvalue weighted by Gasteiger charge is 2.20. The van der Waals surface area contributed by atoms with Crippen LogP contribution in [0.3, 0.4) is 0 Å². The van der Waals surface area contributed by atoms with Crippen LogP contribution in [-0.2, 0) is 19.6 Å². The lowest BCUT2D eigenvalue weighted by Crippen LogP contribution is -2.23. The molecular weight excluding hydrogens is 314 g/mol. The first kappa shape index (κ1) is 17.6. The maximum Gasteiger partial charge on any atom is 0.110 e. The van der Waals surface area contributed by atoms with Crippen molar-refractivity contribution in [2.75, 3.05) is 27.2 Å².